The molecule has 0 unspecified atom stereocenters. The van der Waals surface area contributed by atoms with Gasteiger partial charge in [0.25, 0.3) is 0 Å². The van der Waals surface area contributed by atoms with Crippen molar-refractivity contribution < 1.29 is 0 Å². The van der Waals surface area contributed by atoms with Crippen molar-refractivity contribution in [1.82, 2.24) is 19.7 Å². The van der Waals surface area contributed by atoms with Crippen LogP contribution in [0.25, 0.3) is 11.4 Å². The van der Waals surface area contributed by atoms with Crippen molar-refractivity contribution in [3.05, 3.63) is 59.4 Å². The Morgan fingerprint density at radius 3 is 2.74 bits per heavy atom. The number of pyridine rings is 1. The summed E-state index contributed by atoms with van der Waals surface area (Å²) in [6.45, 7) is 0. The quantitative estimate of drug-likeness (QED) is 0.634. The van der Waals surface area contributed by atoms with Gasteiger partial charge in [-0.15, -0.1) is 10.2 Å². The highest BCUT2D eigenvalue weighted by molar-refractivity contribution is 7.98. The van der Waals surface area contributed by atoms with Gasteiger partial charge < -0.3 is 0 Å². The smallest absolute Gasteiger partial charge is 0.192 e. The van der Waals surface area contributed by atoms with Gasteiger partial charge in [-0.1, -0.05) is 41.6 Å². The Hall–Kier alpha value is -1.85. The van der Waals surface area contributed by atoms with Crippen molar-refractivity contribution in [2.45, 2.75) is 29.8 Å². The lowest BCUT2D eigenvalue weighted by molar-refractivity contribution is 0.669. The van der Waals surface area contributed by atoms with E-state index in [2.05, 4.69) is 25.8 Å². The van der Waals surface area contributed by atoms with E-state index < -0.39 is 0 Å². The van der Waals surface area contributed by atoms with Crippen LogP contribution in [0.1, 0.15) is 24.4 Å². The van der Waals surface area contributed by atoms with Gasteiger partial charge in [0.15, 0.2) is 11.0 Å². The number of hydrogen-bond acceptors (Lipinski definition) is 4. The largest absolute Gasteiger partial charge is 0.299 e. The van der Waals surface area contributed by atoms with Crippen LogP contribution >= 0.6 is 23.4 Å². The molecule has 4 rings (SSSR count). The highest BCUT2D eigenvalue weighted by Gasteiger charge is 2.30. The maximum atomic E-state index is 6.24. The maximum absolute atomic E-state index is 6.24. The van der Waals surface area contributed by atoms with Crippen LogP contribution in [0.4, 0.5) is 0 Å². The van der Waals surface area contributed by atoms with Crippen LogP contribution in [0.15, 0.2) is 53.9 Å². The third kappa shape index (κ3) is 3.12. The molecule has 3 aromatic rings. The fourth-order valence-electron chi connectivity index (χ4n) is 2.49. The number of halogens is 1. The highest BCUT2D eigenvalue weighted by atomic mass is 35.5. The van der Waals surface area contributed by atoms with Crippen molar-refractivity contribution in [1.29, 1.82) is 0 Å². The van der Waals surface area contributed by atoms with E-state index in [9.17, 15) is 0 Å². The molecule has 0 N–H and O–H groups in total. The predicted molar refractivity (Wildman–Crippen MR) is 92.5 cm³/mol. The topological polar surface area (TPSA) is 43.6 Å². The third-order valence-electron chi connectivity index (χ3n) is 3.81. The molecule has 1 aliphatic carbocycles. The molecule has 6 heteroatoms. The van der Waals surface area contributed by atoms with Gasteiger partial charge in [0, 0.05) is 34.8 Å². The van der Waals surface area contributed by atoms with Gasteiger partial charge in [0.05, 0.1) is 0 Å². The summed E-state index contributed by atoms with van der Waals surface area (Å²) >= 11 is 7.92. The predicted octanol–water partition coefficient (Wildman–Crippen LogP) is 4.62. The zero-order valence-corrected chi connectivity index (χ0v) is 14.0. The van der Waals surface area contributed by atoms with E-state index in [1.54, 1.807) is 18.0 Å². The second-order valence-electron chi connectivity index (χ2n) is 5.53. The molecule has 1 fully saturated rings. The first-order valence-corrected chi connectivity index (χ1v) is 8.91. The summed E-state index contributed by atoms with van der Waals surface area (Å²) in [5.74, 6) is 1.69. The summed E-state index contributed by atoms with van der Waals surface area (Å²) in [4.78, 5) is 4.19. The summed E-state index contributed by atoms with van der Waals surface area (Å²) in [7, 11) is 0. The average molecular weight is 343 g/mol. The molecular weight excluding hydrogens is 328 g/mol. The second-order valence-corrected chi connectivity index (χ2v) is 6.88. The molecular formula is C17H15ClN4S. The van der Waals surface area contributed by atoms with E-state index in [1.807, 2.05) is 36.5 Å². The van der Waals surface area contributed by atoms with Crippen LogP contribution in [-0.4, -0.2) is 19.7 Å². The summed E-state index contributed by atoms with van der Waals surface area (Å²) in [5.41, 5.74) is 2.13. The van der Waals surface area contributed by atoms with Crippen LogP contribution in [-0.2, 0) is 5.75 Å². The SMILES string of the molecule is Clc1ccccc1CSc1nnc(-c2cccnc2)n1C1CC1. The number of nitrogens with zero attached hydrogens (tertiary/aromatic N) is 4. The van der Waals surface area contributed by atoms with E-state index in [4.69, 9.17) is 11.6 Å². The first kappa shape index (κ1) is 14.7. The molecule has 0 spiro atoms. The van der Waals surface area contributed by atoms with E-state index in [-0.39, 0.29) is 0 Å². The Balaban J connectivity index is 1.62. The Bertz CT molecular complexity index is 814. The maximum Gasteiger partial charge on any atom is 0.192 e. The van der Waals surface area contributed by atoms with Gasteiger partial charge in [-0.2, -0.15) is 0 Å². The van der Waals surface area contributed by atoms with Crippen LogP contribution < -0.4 is 0 Å². The van der Waals surface area contributed by atoms with Crippen LogP contribution in [0.3, 0.4) is 0 Å². The number of thioether (sulfide) groups is 1. The van der Waals surface area contributed by atoms with Gasteiger partial charge in [0.1, 0.15) is 0 Å². The minimum Gasteiger partial charge on any atom is -0.299 e. The van der Waals surface area contributed by atoms with Gasteiger partial charge in [0.2, 0.25) is 0 Å². The normalized spacial score (nSPS) is 14.1. The first-order chi connectivity index (χ1) is 11.3. The minimum atomic E-state index is 0.508. The van der Waals surface area contributed by atoms with Gasteiger partial charge in [-0.25, -0.2) is 0 Å². The molecule has 2 heterocycles. The number of benzene rings is 1. The standard InChI is InChI=1S/C17H15ClN4S/c18-15-6-2-1-4-13(15)11-23-17-21-20-16(22(17)14-7-8-14)12-5-3-9-19-10-12/h1-6,9-10,14H,7-8,11H2. The lowest BCUT2D eigenvalue weighted by Crippen LogP contribution is -2.00. The molecule has 23 heavy (non-hydrogen) atoms. The van der Waals surface area contributed by atoms with Crippen LogP contribution in [0.5, 0.6) is 0 Å². The first-order valence-electron chi connectivity index (χ1n) is 7.54. The van der Waals surface area contributed by atoms with Crippen molar-refractivity contribution in [3.8, 4) is 11.4 Å². The van der Waals surface area contributed by atoms with Gasteiger partial charge in [-0.3, -0.25) is 9.55 Å². The van der Waals surface area contributed by atoms with Crippen LogP contribution in [0, 0.1) is 0 Å². The molecule has 0 amide bonds. The van der Waals surface area contributed by atoms with Crippen LogP contribution in [0.2, 0.25) is 5.02 Å². The molecule has 0 bridgehead atoms. The minimum absolute atomic E-state index is 0.508. The Morgan fingerprint density at radius 1 is 1.13 bits per heavy atom. The van der Waals surface area contributed by atoms with E-state index in [0.717, 1.165) is 32.9 Å². The molecule has 1 aliphatic rings. The molecule has 1 aromatic carbocycles. The third-order valence-corrected chi connectivity index (χ3v) is 5.17. The summed E-state index contributed by atoms with van der Waals surface area (Å²) in [5, 5.41) is 10.6. The average Bonchev–Trinajstić information content (AvgIpc) is 3.34. The fourth-order valence-corrected chi connectivity index (χ4v) is 3.78. The zero-order chi connectivity index (χ0) is 15.6. The number of hydrogen-bond donors (Lipinski definition) is 0. The fraction of sp³-hybridized carbons (Fsp3) is 0.235. The Kier molecular flexibility index (Phi) is 4.06. The monoisotopic (exact) mass is 342 g/mol. The lowest BCUT2D eigenvalue weighted by Gasteiger charge is -2.09. The molecule has 4 nitrogen and oxygen atoms in total. The zero-order valence-electron chi connectivity index (χ0n) is 12.4. The molecule has 0 atom stereocenters. The van der Waals surface area contributed by atoms with E-state index in [0.29, 0.717) is 6.04 Å². The molecule has 116 valence electrons. The van der Waals surface area contributed by atoms with E-state index >= 15 is 0 Å². The number of rotatable bonds is 5. The Morgan fingerprint density at radius 2 is 2.00 bits per heavy atom. The van der Waals surface area contributed by atoms with E-state index in [1.165, 1.54) is 12.8 Å². The van der Waals surface area contributed by atoms with Gasteiger partial charge >= 0.3 is 0 Å². The molecule has 1 saturated carbocycles. The molecule has 0 aliphatic heterocycles. The summed E-state index contributed by atoms with van der Waals surface area (Å²) in [6, 6.07) is 12.4. The number of aromatic nitrogens is 4. The summed E-state index contributed by atoms with van der Waals surface area (Å²) < 4.78 is 2.25. The van der Waals surface area contributed by atoms with Crippen molar-refractivity contribution >= 4 is 23.4 Å². The van der Waals surface area contributed by atoms with Gasteiger partial charge in [-0.05, 0) is 36.6 Å². The second kappa shape index (κ2) is 6.34. The Labute approximate surface area is 143 Å². The summed E-state index contributed by atoms with van der Waals surface area (Å²) in [6.07, 6.45) is 5.98. The highest BCUT2D eigenvalue weighted by Crippen LogP contribution is 2.41. The molecule has 0 saturated heterocycles. The lowest BCUT2D eigenvalue weighted by atomic mass is 10.2. The molecule has 2 aromatic heterocycles. The van der Waals surface area contributed by atoms with Crippen molar-refractivity contribution in [3.63, 3.8) is 0 Å². The van der Waals surface area contributed by atoms with Crippen molar-refractivity contribution in [2.75, 3.05) is 0 Å². The van der Waals surface area contributed by atoms with Crippen molar-refractivity contribution in [2.24, 2.45) is 0 Å². The molecule has 0 radical (unpaired) electrons.